The summed E-state index contributed by atoms with van der Waals surface area (Å²) in [6.45, 7) is 0. The molecule has 3 aromatic heterocycles. The molecule has 0 fully saturated rings. The molecule has 69 heavy (non-hydrogen) atoms. The number of nitrogens with zero attached hydrogens (tertiary/aromatic N) is 5. The Morgan fingerprint density at radius 3 is 1.39 bits per heavy atom. The zero-order chi connectivity index (χ0) is 45.5. The van der Waals surface area contributed by atoms with E-state index in [-0.39, 0.29) is 0 Å². The molecule has 0 spiro atoms. The Morgan fingerprint density at radius 1 is 0.290 bits per heavy atom. The van der Waals surface area contributed by atoms with Gasteiger partial charge in [-0.3, -0.25) is 0 Å². The summed E-state index contributed by atoms with van der Waals surface area (Å²) in [5, 5.41) is 4.83. The minimum absolute atomic E-state index is 0.627. The average Bonchev–Trinajstić information content (AvgIpc) is 4.06. The molecule has 5 heteroatoms. The van der Waals surface area contributed by atoms with Crippen LogP contribution in [0.25, 0.3) is 100 Å². The number of aromatic nitrogens is 5. The van der Waals surface area contributed by atoms with E-state index in [1.54, 1.807) is 0 Å². The highest BCUT2D eigenvalue weighted by Gasteiger charge is 2.46. The van der Waals surface area contributed by atoms with Crippen molar-refractivity contribution in [1.82, 2.24) is 24.1 Å². The van der Waals surface area contributed by atoms with Gasteiger partial charge in [-0.2, -0.15) is 0 Å². The minimum Gasteiger partial charge on any atom is -0.307 e. The Kier molecular flexibility index (Phi) is 8.73. The van der Waals surface area contributed by atoms with Crippen LogP contribution in [0.1, 0.15) is 22.3 Å². The van der Waals surface area contributed by atoms with Crippen LogP contribution in [0.2, 0.25) is 0 Å². The van der Waals surface area contributed by atoms with Crippen LogP contribution in [0.15, 0.2) is 249 Å². The van der Waals surface area contributed by atoms with E-state index >= 15 is 0 Å². The van der Waals surface area contributed by atoms with Crippen molar-refractivity contribution in [3.05, 3.63) is 271 Å². The molecule has 1 aliphatic carbocycles. The predicted molar refractivity (Wildman–Crippen MR) is 282 cm³/mol. The van der Waals surface area contributed by atoms with Crippen molar-refractivity contribution in [2.24, 2.45) is 0 Å². The lowest BCUT2D eigenvalue weighted by molar-refractivity contribution is 0.770. The van der Waals surface area contributed by atoms with E-state index in [0.717, 1.165) is 33.6 Å². The van der Waals surface area contributed by atoms with Gasteiger partial charge in [0.05, 0.1) is 27.5 Å². The number of hydrogen-bond acceptors (Lipinski definition) is 3. The summed E-state index contributed by atoms with van der Waals surface area (Å²) in [6, 6.07) is 89.5. The molecule has 0 aliphatic heterocycles. The second-order valence-corrected chi connectivity index (χ2v) is 17.9. The van der Waals surface area contributed by atoms with Gasteiger partial charge < -0.3 is 9.13 Å². The van der Waals surface area contributed by atoms with Crippen molar-refractivity contribution in [1.29, 1.82) is 0 Å². The molecule has 0 N–H and O–H groups in total. The maximum Gasteiger partial charge on any atom is 0.164 e. The van der Waals surface area contributed by atoms with Crippen LogP contribution in [0.3, 0.4) is 0 Å². The number of rotatable bonds is 7. The molecule has 14 rings (SSSR count). The van der Waals surface area contributed by atoms with E-state index in [0.29, 0.717) is 17.5 Å². The Bertz CT molecular complexity index is 4050. The largest absolute Gasteiger partial charge is 0.307 e. The summed E-state index contributed by atoms with van der Waals surface area (Å²) >= 11 is 0. The molecule has 1 unspecified atom stereocenters. The predicted octanol–water partition coefficient (Wildman–Crippen LogP) is 15.4. The quantitative estimate of drug-likeness (QED) is 0.160. The van der Waals surface area contributed by atoms with Crippen LogP contribution in [-0.2, 0) is 5.41 Å². The van der Waals surface area contributed by atoms with Crippen LogP contribution >= 0.6 is 0 Å². The standard InChI is InChI=1S/C64H41N5/c1-6-20-42(21-7-1)61-65-62(43-22-8-2-9-23-43)67-63(66-61)44-34-36-50-49-30-16-18-32-55(49)64(56(50)40-44,45-24-10-3-11-25-45)46-35-39-58-54(41-46)53-38-37-52-51-31-17-19-33-57(51)68(47-26-12-4-13-27-47)59(52)60(53)69(58)48-28-14-5-15-29-48/h1-41H. The van der Waals surface area contributed by atoms with E-state index in [1.807, 2.05) is 36.4 Å². The molecule has 1 aliphatic rings. The van der Waals surface area contributed by atoms with Crippen LogP contribution in [0, 0.1) is 0 Å². The van der Waals surface area contributed by atoms with Gasteiger partial charge >= 0.3 is 0 Å². The van der Waals surface area contributed by atoms with Gasteiger partial charge in [-0.1, -0.05) is 200 Å². The Labute approximate surface area is 398 Å². The molecule has 0 bridgehead atoms. The SMILES string of the molecule is c1ccc(-c2nc(-c3ccccc3)nc(-c3ccc4c(c3)C(c3ccccc3)(c3ccc5c(c3)c3ccc6c7ccccc7n(-c7ccccc7)c6c3n5-c3ccccc3)c3ccccc3-4)n2)cc1. The first-order chi connectivity index (χ1) is 34.2. The third kappa shape index (κ3) is 5.87. The summed E-state index contributed by atoms with van der Waals surface area (Å²) in [5.74, 6) is 1.90. The van der Waals surface area contributed by atoms with Gasteiger partial charge in [0.2, 0.25) is 0 Å². The second kappa shape index (κ2) is 15.4. The zero-order valence-corrected chi connectivity index (χ0v) is 37.4. The molecule has 0 saturated carbocycles. The average molecular weight is 880 g/mol. The van der Waals surface area contributed by atoms with Gasteiger partial charge in [0.15, 0.2) is 17.5 Å². The normalized spacial score (nSPS) is 14.1. The molecule has 0 saturated heterocycles. The van der Waals surface area contributed by atoms with Crippen LogP contribution in [0.4, 0.5) is 0 Å². The summed E-state index contributed by atoms with van der Waals surface area (Å²) in [6.07, 6.45) is 0. The van der Waals surface area contributed by atoms with Gasteiger partial charge in [-0.05, 0) is 81.9 Å². The molecule has 5 nitrogen and oxygen atoms in total. The topological polar surface area (TPSA) is 48.5 Å². The first kappa shape index (κ1) is 39.0. The molecule has 10 aromatic carbocycles. The summed E-state index contributed by atoms with van der Waals surface area (Å²) < 4.78 is 4.94. The summed E-state index contributed by atoms with van der Waals surface area (Å²) in [5.41, 5.74) is 16.3. The Morgan fingerprint density at radius 2 is 0.768 bits per heavy atom. The van der Waals surface area contributed by atoms with Crippen molar-refractivity contribution >= 4 is 43.6 Å². The molecular weight excluding hydrogens is 839 g/mol. The lowest BCUT2D eigenvalue weighted by Gasteiger charge is -2.34. The summed E-state index contributed by atoms with van der Waals surface area (Å²) in [7, 11) is 0. The Balaban J connectivity index is 1.07. The van der Waals surface area contributed by atoms with Crippen molar-refractivity contribution in [2.75, 3.05) is 0 Å². The highest BCUT2D eigenvalue weighted by Crippen LogP contribution is 2.57. The monoisotopic (exact) mass is 879 g/mol. The highest BCUT2D eigenvalue weighted by atomic mass is 15.0. The van der Waals surface area contributed by atoms with Crippen LogP contribution in [-0.4, -0.2) is 24.1 Å². The Hall–Kier alpha value is -9.19. The van der Waals surface area contributed by atoms with E-state index in [2.05, 4.69) is 221 Å². The van der Waals surface area contributed by atoms with E-state index in [1.165, 1.54) is 71.5 Å². The molecule has 3 heterocycles. The van der Waals surface area contributed by atoms with Gasteiger partial charge in [-0.15, -0.1) is 0 Å². The lowest BCUT2D eigenvalue weighted by Crippen LogP contribution is -2.28. The fraction of sp³-hybridized carbons (Fsp3) is 0.0156. The first-order valence-corrected chi connectivity index (χ1v) is 23.5. The van der Waals surface area contributed by atoms with E-state index in [4.69, 9.17) is 15.0 Å². The van der Waals surface area contributed by atoms with E-state index in [9.17, 15) is 0 Å². The molecule has 0 amide bonds. The molecule has 1 atom stereocenters. The van der Waals surface area contributed by atoms with Gasteiger partial charge in [0.25, 0.3) is 0 Å². The van der Waals surface area contributed by atoms with Crippen molar-refractivity contribution < 1.29 is 0 Å². The minimum atomic E-state index is -0.695. The van der Waals surface area contributed by atoms with Crippen LogP contribution < -0.4 is 0 Å². The van der Waals surface area contributed by atoms with Gasteiger partial charge in [0, 0.05) is 49.6 Å². The fourth-order valence-electron chi connectivity index (χ4n) is 11.3. The van der Waals surface area contributed by atoms with Crippen molar-refractivity contribution in [3.8, 4) is 56.7 Å². The molecule has 13 aromatic rings. The first-order valence-electron chi connectivity index (χ1n) is 23.5. The number of benzene rings is 10. The molecule has 322 valence electrons. The highest BCUT2D eigenvalue weighted by molar-refractivity contribution is 6.24. The smallest absolute Gasteiger partial charge is 0.164 e. The second-order valence-electron chi connectivity index (χ2n) is 17.9. The number of para-hydroxylation sites is 3. The van der Waals surface area contributed by atoms with Crippen molar-refractivity contribution in [2.45, 2.75) is 5.41 Å². The maximum absolute atomic E-state index is 5.22. The van der Waals surface area contributed by atoms with Crippen molar-refractivity contribution in [3.63, 3.8) is 0 Å². The summed E-state index contributed by atoms with van der Waals surface area (Å²) in [4.78, 5) is 15.5. The lowest BCUT2D eigenvalue weighted by atomic mass is 9.67. The van der Waals surface area contributed by atoms with Crippen LogP contribution in [0.5, 0.6) is 0 Å². The van der Waals surface area contributed by atoms with Gasteiger partial charge in [0.1, 0.15) is 0 Å². The maximum atomic E-state index is 5.22. The van der Waals surface area contributed by atoms with Gasteiger partial charge in [-0.25, -0.2) is 15.0 Å². The molecular formula is C64H41N5. The molecule has 0 radical (unpaired) electrons. The number of hydrogen-bond donors (Lipinski definition) is 0. The third-order valence-electron chi connectivity index (χ3n) is 14.2. The number of fused-ring (bicyclic) bond motifs is 10. The van der Waals surface area contributed by atoms with E-state index < -0.39 is 5.41 Å². The third-order valence-corrected chi connectivity index (χ3v) is 14.2. The fourth-order valence-corrected chi connectivity index (χ4v) is 11.3. The zero-order valence-electron chi connectivity index (χ0n) is 37.4.